The quantitative estimate of drug-likeness (QED) is 0.860. The smallest absolute Gasteiger partial charge is 0.335 e. The summed E-state index contributed by atoms with van der Waals surface area (Å²) in [5.41, 5.74) is 0.230. The summed E-state index contributed by atoms with van der Waals surface area (Å²) in [5.74, 6) is -0.680. The predicted molar refractivity (Wildman–Crippen MR) is 57.8 cm³/mol. The molecule has 17 heavy (non-hydrogen) atoms. The lowest BCUT2D eigenvalue weighted by Gasteiger charge is -2.04. The zero-order valence-corrected chi connectivity index (χ0v) is 9.31. The second-order valence-corrected chi connectivity index (χ2v) is 3.62. The summed E-state index contributed by atoms with van der Waals surface area (Å²) < 4.78 is 14.7. The Labute approximate surface area is 96.5 Å². The van der Waals surface area contributed by atoms with Gasteiger partial charge < -0.3 is 5.11 Å². The maximum absolute atomic E-state index is 13.3. The molecule has 1 aromatic heterocycles. The normalized spacial score (nSPS) is 10.5. The number of benzene rings is 1. The van der Waals surface area contributed by atoms with E-state index < -0.39 is 11.8 Å². The third-order valence-electron chi connectivity index (χ3n) is 2.25. The number of aryl methyl sites for hydroxylation is 2. The molecule has 0 fully saturated rings. The van der Waals surface area contributed by atoms with Crippen LogP contribution in [0.2, 0.25) is 0 Å². The highest BCUT2D eigenvalue weighted by atomic mass is 19.1. The molecule has 0 spiro atoms. The molecular formula is C11H10FN3O2. The van der Waals surface area contributed by atoms with Crippen LogP contribution in [0.5, 0.6) is 0 Å². The highest BCUT2D eigenvalue weighted by Crippen LogP contribution is 2.14. The third kappa shape index (κ3) is 2.15. The molecule has 88 valence electrons. The van der Waals surface area contributed by atoms with E-state index in [-0.39, 0.29) is 5.56 Å². The number of halogens is 1. The Morgan fingerprint density at radius 3 is 2.59 bits per heavy atom. The molecule has 0 aliphatic rings. The van der Waals surface area contributed by atoms with Crippen LogP contribution in [0.25, 0.3) is 5.69 Å². The highest BCUT2D eigenvalue weighted by molar-refractivity contribution is 5.88. The van der Waals surface area contributed by atoms with Crippen LogP contribution in [0.4, 0.5) is 4.39 Å². The van der Waals surface area contributed by atoms with Gasteiger partial charge in [0.15, 0.2) is 0 Å². The second kappa shape index (κ2) is 3.97. The molecule has 0 saturated heterocycles. The minimum absolute atomic E-state index is 0.118. The minimum Gasteiger partial charge on any atom is -0.478 e. The van der Waals surface area contributed by atoms with Gasteiger partial charge in [-0.25, -0.2) is 18.9 Å². The van der Waals surface area contributed by atoms with Crippen LogP contribution in [-0.4, -0.2) is 25.8 Å². The Bertz CT molecular complexity index is 592. The van der Waals surface area contributed by atoms with Gasteiger partial charge in [-0.05, 0) is 32.0 Å². The maximum Gasteiger partial charge on any atom is 0.335 e. The van der Waals surface area contributed by atoms with Crippen molar-refractivity contribution >= 4 is 5.97 Å². The fourth-order valence-corrected chi connectivity index (χ4v) is 1.59. The van der Waals surface area contributed by atoms with E-state index in [1.54, 1.807) is 13.8 Å². The Kier molecular flexibility index (Phi) is 2.63. The largest absolute Gasteiger partial charge is 0.478 e. The summed E-state index contributed by atoms with van der Waals surface area (Å²) in [4.78, 5) is 14.9. The first-order valence-electron chi connectivity index (χ1n) is 4.92. The lowest BCUT2D eigenvalue weighted by atomic mass is 10.2. The molecule has 0 atom stereocenters. The lowest BCUT2D eigenvalue weighted by molar-refractivity contribution is 0.0696. The molecule has 0 aliphatic heterocycles. The van der Waals surface area contributed by atoms with Crippen molar-refractivity contribution in [3.8, 4) is 5.69 Å². The molecule has 0 amide bonds. The molecule has 5 nitrogen and oxygen atoms in total. The number of carbonyl (C=O) groups is 1. The summed E-state index contributed by atoms with van der Waals surface area (Å²) in [6.07, 6.45) is 0. The van der Waals surface area contributed by atoms with Gasteiger partial charge in [0.1, 0.15) is 17.5 Å². The van der Waals surface area contributed by atoms with Crippen molar-refractivity contribution in [2.24, 2.45) is 0 Å². The van der Waals surface area contributed by atoms with Crippen LogP contribution in [0, 0.1) is 19.7 Å². The van der Waals surface area contributed by atoms with Gasteiger partial charge in [0.2, 0.25) is 0 Å². The summed E-state index contributed by atoms with van der Waals surface area (Å²) in [5, 5.41) is 12.9. The molecule has 0 bridgehead atoms. The molecule has 0 radical (unpaired) electrons. The van der Waals surface area contributed by atoms with Crippen LogP contribution in [0.3, 0.4) is 0 Å². The zero-order valence-electron chi connectivity index (χ0n) is 9.31. The minimum atomic E-state index is -1.18. The predicted octanol–water partition coefficient (Wildman–Crippen LogP) is 1.72. The number of hydrogen-bond acceptors (Lipinski definition) is 3. The van der Waals surface area contributed by atoms with Gasteiger partial charge in [-0.15, -0.1) is 0 Å². The third-order valence-corrected chi connectivity index (χ3v) is 2.25. The molecule has 0 saturated carbocycles. The van der Waals surface area contributed by atoms with Crippen LogP contribution in [0.15, 0.2) is 18.2 Å². The molecule has 6 heteroatoms. The second-order valence-electron chi connectivity index (χ2n) is 3.62. The van der Waals surface area contributed by atoms with Gasteiger partial charge in [-0.2, -0.15) is 5.10 Å². The topological polar surface area (TPSA) is 68.0 Å². The summed E-state index contributed by atoms with van der Waals surface area (Å²) in [7, 11) is 0. The summed E-state index contributed by atoms with van der Waals surface area (Å²) in [6, 6.07) is 3.53. The summed E-state index contributed by atoms with van der Waals surface area (Å²) in [6.45, 7) is 3.42. The number of nitrogens with zero attached hydrogens (tertiary/aromatic N) is 3. The van der Waals surface area contributed by atoms with Gasteiger partial charge in [0, 0.05) is 0 Å². The van der Waals surface area contributed by atoms with Gasteiger partial charge in [-0.1, -0.05) is 0 Å². The SMILES string of the molecule is Cc1nc(C)n(-c2cc(F)cc(C(=O)O)c2)n1. The number of rotatable bonds is 2. The van der Waals surface area contributed by atoms with Crippen LogP contribution in [-0.2, 0) is 0 Å². The number of carboxylic acid groups (broad SMARTS) is 1. The first kappa shape index (κ1) is 11.3. The van der Waals surface area contributed by atoms with E-state index in [1.807, 2.05) is 0 Å². The molecule has 0 unspecified atom stereocenters. The van der Waals surface area contributed by atoms with Crippen molar-refractivity contribution in [3.05, 3.63) is 41.2 Å². The Balaban J connectivity index is 2.59. The van der Waals surface area contributed by atoms with Gasteiger partial charge in [0.25, 0.3) is 0 Å². The fraction of sp³-hybridized carbons (Fsp3) is 0.182. The van der Waals surface area contributed by atoms with Gasteiger partial charge in [-0.3, -0.25) is 0 Å². The maximum atomic E-state index is 13.3. The van der Waals surface area contributed by atoms with Crippen molar-refractivity contribution in [3.63, 3.8) is 0 Å². The average molecular weight is 235 g/mol. The van der Waals surface area contributed by atoms with E-state index in [4.69, 9.17) is 5.11 Å². The van der Waals surface area contributed by atoms with Crippen LogP contribution < -0.4 is 0 Å². The fourth-order valence-electron chi connectivity index (χ4n) is 1.59. The molecule has 1 heterocycles. The van der Waals surface area contributed by atoms with E-state index in [0.717, 1.165) is 6.07 Å². The molecule has 0 aliphatic carbocycles. The Hall–Kier alpha value is -2.24. The van der Waals surface area contributed by atoms with Gasteiger partial charge in [0.05, 0.1) is 11.3 Å². The number of aromatic nitrogens is 3. The van der Waals surface area contributed by atoms with E-state index in [2.05, 4.69) is 10.1 Å². The number of hydrogen-bond donors (Lipinski definition) is 1. The van der Waals surface area contributed by atoms with Crippen LogP contribution >= 0.6 is 0 Å². The Morgan fingerprint density at radius 1 is 1.35 bits per heavy atom. The van der Waals surface area contributed by atoms with E-state index in [0.29, 0.717) is 17.3 Å². The molecule has 2 aromatic rings. The molecule has 2 rings (SSSR count). The zero-order chi connectivity index (χ0) is 12.6. The van der Waals surface area contributed by atoms with Gasteiger partial charge >= 0.3 is 5.97 Å². The highest BCUT2D eigenvalue weighted by Gasteiger charge is 2.11. The van der Waals surface area contributed by atoms with E-state index >= 15 is 0 Å². The van der Waals surface area contributed by atoms with Crippen LogP contribution in [0.1, 0.15) is 22.0 Å². The molecule has 1 aromatic carbocycles. The standard InChI is InChI=1S/C11H10FN3O2/c1-6-13-7(2)15(14-6)10-4-8(11(16)17)3-9(12)5-10/h3-5H,1-2H3,(H,16,17). The first-order chi connectivity index (χ1) is 7.97. The van der Waals surface area contributed by atoms with E-state index in [9.17, 15) is 9.18 Å². The number of carboxylic acids is 1. The van der Waals surface area contributed by atoms with Crippen molar-refractivity contribution in [2.75, 3.05) is 0 Å². The van der Waals surface area contributed by atoms with Crippen molar-refractivity contribution in [2.45, 2.75) is 13.8 Å². The monoisotopic (exact) mass is 235 g/mol. The first-order valence-corrected chi connectivity index (χ1v) is 4.92. The Morgan fingerprint density at radius 2 is 2.06 bits per heavy atom. The van der Waals surface area contributed by atoms with Crippen molar-refractivity contribution in [1.29, 1.82) is 0 Å². The number of aromatic carboxylic acids is 1. The summed E-state index contributed by atoms with van der Waals surface area (Å²) >= 11 is 0. The van der Waals surface area contributed by atoms with Crippen molar-refractivity contribution in [1.82, 2.24) is 14.8 Å². The van der Waals surface area contributed by atoms with E-state index in [1.165, 1.54) is 16.8 Å². The average Bonchev–Trinajstić information content (AvgIpc) is 2.57. The molecule has 1 N–H and O–H groups in total. The lowest BCUT2D eigenvalue weighted by Crippen LogP contribution is -2.04. The van der Waals surface area contributed by atoms with Crippen molar-refractivity contribution < 1.29 is 14.3 Å². The molecular weight excluding hydrogens is 225 g/mol.